The number of hydrogen-bond acceptors (Lipinski definition) is 6. The highest BCUT2D eigenvalue weighted by molar-refractivity contribution is 7.09. The van der Waals surface area contributed by atoms with Crippen LogP contribution in [-0.2, 0) is 0 Å². The van der Waals surface area contributed by atoms with E-state index in [0.717, 1.165) is 16.8 Å². The summed E-state index contributed by atoms with van der Waals surface area (Å²) < 4.78 is 0. The van der Waals surface area contributed by atoms with Gasteiger partial charge in [-0.05, 0) is 18.0 Å². The minimum atomic E-state index is 0.101. The summed E-state index contributed by atoms with van der Waals surface area (Å²) in [5.74, 6) is 0.672. The molecule has 1 unspecified atom stereocenters. The Kier molecular flexibility index (Phi) is 3.31. The number of nitrogens with one attached hydrogen (secondary N) is 2. The third-order valence-electron chi connectivity index (χ3n) is 2.75. The Bertz CT molecular complexity index is 680. The molecule has 0 saturated heterocycles. The van der Waals surface area contributed by atoms with Gasteiger partial charge in [0.2, 0.25) is 5.28 Å². The van der Waals surface area contributed by atoms with Crippen LogP contribution in [0.15, 0.2) is 17.8 Å². The lowest BCUT2D eigenvalue weighted by molar-refractivity contribution is 0.738. The molecule has 8 heteroatoms. The molecule has 0 aliphatic heterocycles. The van der Waals surface area contributed by atoms with E-state index in [1.807, 2.05) is 5.38 Å². The Morgan fingerprint density at radius 3 is 3.11 bits per heavy atom. The summed E-state index contributed by atoms with van der Waals surface area (Å²) >= 11 is 7.52. The Hall–Kier alpha value is -1.73. The summed E-state index contributed by atoms with van der Waals surface area (Å²) in [5, 5.41) is 14.1. The second kappa shape index (κ2) is 5.10. The molecule has 0 amide bonds. The maximum atomic E-state index is 5.91. The Balaban J connectivity index is 1.98. The van der Waals surface area contributed by atoms with Gasteiger partial charge in [0, 0.05) is 11.6 Å². The van der Waals surface area contributed by atoms with Gasteiger partial charge in [0.1, 0.15) is 10.8 Å². The van der Waals surface area contributed by atoms with Crippen molar-refractivity contribution in [3.63, 3.8) is 0 Å². The summed E-state index contributed by atoms with van der Waals surface area (Å²) in [5.41, 5.74) is 0.622. The molecule has 0 aliphatic rings. The van der Waals surface area contributed by atoms with Crippen molar-refractivity contribution >= 4 is 39.8 Å². The van der Waals surface area contributed by atoms with Crippen LogP contribution in [0.25, 0.3) is 11.0 Å². The molecular weight excluding hydrogens is 284 g/mol. The zero-order valence-electron chi connectivity index (χ0n) is 10.1. The van der Waals surface area contributed by atoms with E-state index in [-0.39, 0.29) is 11.3 Å². The van der Waals surface area contributed by atoms with E-state index in [4.69, 9.17) is 11.6 Å². The number of aromatic nitrogens is 5. The molecule has 0 bridgehead atoms. The van der Waals surface area contributed by atoms with Crippen LogP contribution in [-0.4, -0.2) is 25.1 Å². The average molecular weight is 295 g/mol. The highest BCUT2D eigenvalue weighted by atomic mass is 35.5. The molecule has 98 valence electrons. The molecule has 0 aromatic carbocycles. The van der Waals surface area contributed by atoms with Crippen LogP contribution in [0, 0.1) is 0 Å². The zero-order chi connectivity index (χ0) is 13.2. The van der Waals surface area contributed by atoms with Gasteiger partial charge in [0.25, 0.3) is 0 Å². The monoisotopic (exact) mass is 294 g/mol. The molecule has 3 aromatic heterocycles. The van der Waals surface area contributed by atoms with Crippen molar-refractivity contribution in [3.8, 4) is 0 Å². The van der Waals surface area contributed by atoms with E-state index in [1.165, 1.54) is 0 Å². The predicted octanol–water partition coefficient (Wildman–Crippen LogP) is 3.03. The predicted molar refractivity (Wildman–Crippen MR) is 75.5 cm³/mol. The van der Waals surface area contributed by atoms with Gasteiger partial charge >= 0.3 is 0 Å². The van der Waals surface area contributed by atoms with Gasteiger partial charge in [0.05, 0.1) is 17.6 Å². The maximum Gasteiger partial charge on any atom is 0.226 e. The first-order valence-corrected chi connectivity index (χ1v) is 7.06. The van der Waals surface area contributed by atoms with E-state index < -0.39 is 0 Å². The average Bonchev–Trinajstić information content (AvgIpc) is 3.05. The third-order valence-corrected chi connectivity index (χ3v) is 3.81. The van der Waals surface area contributed by atoms with Crippen molar-refractivity contribution in [2.45, 2.75) is 19.4 Å². The van der Waals surface area contributed by atoms with Crippen LogP contribution in [0.5, 0.6) is 0 Å². The SMILES string of the molecule is CCC(Nc1nc(Cl)nc2[nH]ncc12)c1nccs1. The second-order valence-electron chi connectivity index (χ2n) is 3.95. The quantitative estimate of drug-likeness (QED) is 0.723. The van der Waals surface area contributed by atoms with Gasteiger partial charge < -0.3 is 5.32 Å². The number of H-pyrrole nitrogens is 1. The van der Waals surface area contributed by atoms with Crippen molar-refractivity contribution in [3.05, 3.63) is 28.1 Å². The fourth-order valence-electron chi connectivity index (χ4n) is 1.83. The summed E-state index contributed by atoms with van der Waals surface area (Å²) in [7, 11) is 0. The molecule has 3 rings (SSSR count). The minimum absolute atomic E-state index is 0.101. The van der Waals surface area contributed by atoms with Gasteiger partial charge in [-0.25, -0.2) is 4.98 Å². The van der Waals surface area contributed by atoms with E-state index >= 15 is 0 Å². The topological polar surface area (TPSA) is 79.4 Å². The summed E-state index contributed by atoms with van der Waals surface area (Å²) in [4.78, 5) is 12.6. The van der Waals surface area contributed by atoms with Crippen LogP contribution in [0.4, 0.5) is 5.82 Å². The first-order valence-electron chi connectivity index (χ1n) is 5.80. The smallest absolute Gasteiger partial charge is 0.226 e. The summed E-state index contributed by atoms with van der Waals surface area (Å²) in [6.45, 7) is 2.09. The number of nitrogens with zero attached hydrogens (tertiary/aromatic N) is 4. The fraction of sp³-hybridized carbons (Fsp3) is 0.273. The minimum Gasteiger partial charge on any atom is -0.360 e. The number of anilines is 1. The Labute approximate surface area is 118 Å². The first-order chi connectivity index (χ1) is 9.28. The molecule has 3 aromatic rings. The molecule has 0 fully saturated rings. The van der Waals surface area contributed by atoms with Crippen LogP contribution in [0.3, 0.4) is 0 Å². The molecule has 19 heavy (non-hydrogen) atoms. The lowest BCUT2D eigenvalue weighted by Gasteiger charge is -2.15. The highest BCUT2D eigenvalue weighted by Crippen LogP contribution is 2.27. The lowest BCUT2D eigenvalue weighted by atomic mass is 10.2. The summed E-state index contributed by atoms with van der Waals surface area (Å²) in [6.07, 6.45) is 4.38. The Morgan fingerprint density at radius 2 is 2.37 bits per heavy atom. The van der Waals surface area contributed by atoms with E-state index in [9.17, 15) is 0 Å². The van der Waals surface area contributed by atoms with Crippen LogP contribution < -0.4 is 5.32 Å². The molecule has 2 N–H and O–H groups in total. The number of halogens is 1. The molecule has 6 nitrogen and oxygen atoms in total. The van der Waals surface area contributed by atoms with E-state index in [0.29, 0.717) is 11.5 Å². The number of hydrogen-bond donors (Lipinski definition) is 2. The number of thiazole rings is 1. The van der Waals surface area contributed by atoms with Gasteiger partial charge in [0.15, 0.2) is 5.65 Å². The Morgan fingerprint density at radius 1 is 1.47 bits per heavy atom. The van der Waals surface area contributed by atoms with E-state index in [1.54, 1.807) is 23.7 Å². The van der Waals surface area contributed by atoms with Gasteiger partial charge in [-0.1, -0.05) is 6.92 Å². The normalized spacial score (nSPS) is 12.7. The highest BCUT2D eigenvalue weighted by Gasteiger charge is 2.15. The van der Waals surface area contributed by atoms with Crippen molar-refractivity contribution in [1.29, 1.82) is 0 Å². The number of rotatable bonds is 4. The van der Waals surface area contributed by atoms with Crippen LogP contribution in [0.1, 0.15) is 24.4 Å². The molecule has 0 spiro atoms. The molecule has 1 atom stereocenters. The summed E-state index contributed by atoms with van der Waals surface area (Å²) in [6, 6.07) is 0.101. The third kappa shape index (κ3) is 2.39. The van der Waals surface area contributed by atoms with Crippen molar-refractivity contribution in [2.24, 2.45) is 0 Å². The lowest BCUT2D eigenvalue weighted by Crippen LogP contribution is -2.11. The standard InChI is InChI=1S/C11H11ClN6S/c1-2-7(10-13-3-4-19-10)15-8-6-5-14-18-9(6)17-11(12)16-8/h3-5,7H,2H2,1H3,(H2,14,15,16,17,18). The molecule has 0 radical (unpaired) electrons. The number of aromatic amines is 1. The maximum absolute atomic E-state index is 5.91. The van der Waals surface area contributed by atoms with Crippen molar-refractivity contribution < 1.29 is 0 Å². The van der Waals surface area contributed by atoms with Gasteiger partial charge in [-0.3, -0.25) is 5.10 Å². The molecular formula is C11H11ClN6S. The zero-order valence-corrected chi connectivity index (χ0v) is 11.7. The van der Waals surface area contributed by atoms with E-state index in [2.05, 4.69) is 37.4 Å². The molecule has 0 aliphatic carbocycles. The first kappa shape index (κ1) is 12.3. The van der Waals surface area contributed by atoms with Crippen molar-refractivity contribution in [1.82, 2.24) is 25.1 Å². The molecule has 0 saturated carbocycles. The number of fused-ring (bicyclic) bond motifs is 1. The van der Waals surface area contributed by atoms with Gasteiger partial charge in [-0.2, -0.15) is 15.1 Å². The largest absolute Gasteiger partial charge is 0.360 e. The fourth-order valence-corrected chi connectivity index (χ4v) is 2.77. The second-order valence-corrected chi connectivity index (χ2v) is 5.21. The van der Waals surface area contributed by atoms with Crippen molar-refractivity contribution in [2.75, 3.05) is 5.32 Å². The van der Waals surface area contributed by atoms with Crippen LogP contribution in [0.2, 0.25) is 5.28 Å². The van der Waals surface area contributed by atoms with Gasteiger partial charge in [-0.15, -0.1) is 11.3 Å². The molecule has 3 heterocycles. The van der Waals surface area contributed by atoms with Crippen LogP contribution >= 0.6 is 22.9 Å².